The van der Waals surface area contributed by atoms with E-state index in [1.807, 2.05) is 12.1 Å². The normalized spacial score (nSPS) is 9.89. The molecule has 2 aromatic rings. The Kier molecular flexibility index (Phi) is 3.88. The molecular weight excluding hydrogens is 248 g/mol. The Labute approximate surface area is 110 Å². The van der Waals surface area contributed by atoms with Crippen LogP contribution in [0, 0.1) is 0 Å². The van der Waals surface area contributed by atoms with Crippen LogP contribution in [0.2, 0.25) is 0 Å². The Morgan fingerprint density at radius 3 is 1.39 bits per heavy atom. The smallest absolute Gasteiger partial charge is 0.229 e. The van der Waals surface area contributed by atoms with E-state index < -0.39 is 0 Å². The summed E-state index contributed by atoms with van der Waals surface area (Å²) in [6.45, 7) is 0. The van der Waals surface area contributed by atoms with Gasteiger partial charge in [0.05, 0.1) is 11.4 Å². The minimum Gasteiger partial charge on any atom is -0.281 e. The average Bonchev–Trinajstić information content (AvgIpc) is 2.47. The quantitative estimate of drug-likeness (QED) is 0.642. The van der Waals surface area contributed by atoms with E-state index in [1.54, 1.807) is 48.5 Å². The topological polar surface area (TPSA) is 46.9 Å². The van der Waals surface area contributed by atoms with Crippen molar-refractivity contribution in [2.75, 3.05) is 10.1 Å². The molecule has 0 aliphatic carbocycles. The van der Waals surface area contributed by atoms with E-state index in [4.69, 9.17) is 12.2 Å². The zero-order chi connectivity index (χ0) is 13.0. The number of anilines is 2. The predicted molar refractivity (Wildman–Crippen MR) is 74.0 cm³/mol. The number of thiocarbonyl (C=S) groups is 1. The summed E-state index contributed by atoms with van der Waals surface area (Å²) in [6.07, 6.45) is 0. The van der Waals surface area contributed by atoms with Crippen molar-refractivity contribution in [3.63, 3.8) is 0 Å². The van der Waals surface area contributed by atoms with Gasteiger partial charge in [-0.2, -0.15) is 10.1 Å². The highest BCUT2D eigenvalue weighted by atomic mass is 32.1. The molecule has 92 valence electrons. The van der Waals surface area contributed by atoms with Crippen LogP contribution in [0.1, 0.15) is 0 Å². The highest BCUT2D eigenvalue weighted by molar-refractivity contribution is 7.80. The molecule has 0 radical (unpaired) electrons. The highest BCUT2D eigenvalue weighted by Crippen LogP contribution is 2.17. The van der Waals surface area contributed by atoms with Gasteiger partial charge in [0.25, 0.3) is 0 Å². The van der Waals surface area contributed by atoms with E-state index in [1.165, 1.54) is 0 Å². The van der Waals surface area contributed by atoms with E-state index in [0.29, 0.717) is 11.4 Å². The van der Waals surface area contributed by atoms with Crippen LogP contribution in [0.4, 0.5) is 11.4 Å². The summed E-state index contributed by atoms with van der Waals surface area (Å²) in [4.78, 5) is 0. The van der Waals surface area contributed by atoms with Crippen molar-refractivity contribution in [2.24, 2.45) is 0 Å². The molecule has 0 saturated carbocycles. The van der Waals surface area contributed by atoms with E-state index in [-0.39, 0.29) is 5.11 Å². The van der Waals surface area contributed by atoms with Crippen molar-refractivity contribution in [3.8, 4) is 0 Å². The number of nitrogens with zero attached hydrogens (tertiary/aromatic N) is 2. The van der Waals surface area contributed by atoms with Gasteiger partial charge in [-0.1, -0.05) is 36.4 Å². The Morgan fingerprint density at radius 2 is 1.06 bits per heavy atom. The molecule has 0 fully saturated rings. The van der Waals surface area contributed by atoms with Gasteiger partial charge in [0.15, 0.2) is 0 Å². The highest BCUT2D eigenvalue weighted by Gasteiger charge is 2.16. The number of hydrogen-bond acceptors (Lipinski definition) is 3. The van der Waals surface area contributed by atoms with Gasteiger partial charge < -0.3 is 0 Å². The predicted octanol–water partition coefficient (Wildman–Crippen LogP) is 3.06. The minimum atomic E-state index is -0.118. The van der Waals surface area contributed by atoms with Crippen LogP contribution in [0.15, 0.2) is 60.7 Å². The number of rotatable bonds is 2. The SMILES string of the molecule is ON(C(=S)N(O)c1ccccc1)c1ccccc1. The lowest BCUT2D eigenvalue weighted by atomic mass is 10.3. The average molecular weight is 260 g/mol. The molecule has 2 N–H and O–H groups in total. The summed E-state index contributed by atoms with van der Waals surface area (Å²) in [7, 11) is 0. The summed E-state index contributed by atoms with van der Waals surface area (Å²) >= 11 is 5.02. The fourth-order valence-electron chi connectivity index (χ4n) is 1.45. The second-order valence-electron chi connectivity index (χ2n) is 3.58. The minimum absolute atomic E-state index is 0.118. The Balaban J connectivity index is 2.17. The molecule has 5 heteroatoms. The second kappa shape index (κ2) is 5.59. The summed E-state index contributed by atoms with van der Waals surface area (Å²) in [5.41, 5.74) is 0.968. The fourth-order valence-corrected chi connectivity index (χ4v) is 1.66. The first-order valence-corrected chi connectivity index (χ1v) is 5.73. The molecule has 0 heterocycles. The lowest BCUT2D eigenvalue weighted by Crippen LogP contribution is -2.39. The van der Waals surface area contributed by atoms with Crippen LogP contribution in [0.25, 0.3) is 0 Å². The van der Waals surface area contributed by atoms with Crippen LogP contribution in [-0.2, 0) is 0 Å². The molecule has 2 rings (SSSR count). The first-order valence-electron chi connectivity index (χ1n) is 5.32. The Morgan fingerprint density at radius 1 is 0.722 bits per heavy atom. The maximum absolute atomic E-state index is 9.91. The van der Waals surface area contributed by atoms with Gasteiger partial charge in [0, 0.05) is 0 Å². The largest absolute Gasteiger partial charge is 0.281 e. The van der Waals surface area contributed by atoms with Crippen LogP contribution >= 0.6 is 12.2 Å². The van der Waals surface area contributed by atoms with E-state index in [9.17, 15) is 10.4 Å². The first kappa shape index (κ1) is 12.5. The second-order valence-corrected chi connectivity index (χ2v) is 3.94. The van der Waals surface area contributed by atoms with Gasteiger partial charge in [0.2, 0.25) is 5.11 Å². The molecule has 0 amide bonds. The van der Waals surface area contributed by atoms with Crippen LogP contribution < -0.4 is 10.1 Å². The first-order chi connectivity index (χ1) is 8.70. The third kappa shape index (κ3) is 2.65. The summed E-state index contributed by atoms with van der Waals surface area (Å²) in [5.74, 6) is 0. The van der Waals surface area contributed by atoms with Gasteiger partial charge in [0.1, 0.15) is 0 Å². The number of hydrogen-bond donors (Lipinski definition) is 2. The van der Waals surface area contributed by atoms with Crippen LogP contribution in [-0.4, -0.2) is 15.5 Å². The van der Waals surface area contributed by atoms with Crippen molar-refractivity contribution >= 4 is 28.7 Å². The van der Waals surface area contributed by atoms with Crippen molar-refractivity contribution in [2.45, 2.75) is 0 Å². The molecule has 0 spiro atoms. The standard InChI is InChI=1S/C13H12N2O2S/c16-14(11-7-3-1-4-8-11)13(18)15(17)12-9-5-2-6-10-12/h1-10,16-17H. The van der Waals surface area contributed by atoms with E-state index in [2.05, 4.69) is 0 Å². The molecule has 4 nitrogen and oxygen atoms in total. The van der Waals surface area contributed by atoms with Crippen molar-refractivity contribution in [1.29, 1.82) is 0 Å². The van der Waals surface area contributed by atoms with E-state index in [0.717, 1.165) is 10.1 Å². The maximum Gasteiger partial charge on any atom is 0.229 e. The third-order valence-electron chi connectivity index (χ3n) is 2.36. The molecular formula is C13H12N2O2S. The number of para-hydroxylation sites is 2. The summed E-state index contributed by atoms with van der Waals surface area (Å²) in [5, 5.41) is 21.2. The van der Waals surface area contributed by atoms with Gasteiger partial charge in [-0.25, -0.2) is 0 Å². The molecule has 0 aliphatic rings. The van der Waals surface area contributed by atoms with Crippen molar-refractivity contribution in [3.05, 3.63) is 60.7 Å². The number of hydroxylamine groups is 2. The van der Waals surface area contributed by atoms with Gasteiger partial charge in [-0.05, 0) is 36.5 Å². The zero-order valence-corrected chi connectivity index (χ0v) is 10.3. The molecule has 0 saturated heterocycles. The molecule has 0 aromatic heterocycles. The van der Waals surface area contributed by atoms with Crippen molar-refractivity contribution < 1.29 is 10.4 Å². The summed E-state index contributed by atoms with van der Waals surface area (Å²) < 4.78 is 0. The lowest BCUT2D eigenvalue weighted by Gasteiger charge is -2.24. The monoisotopic (exact) mass is 260 g/mol. The molecule has 2 aromatic carbocycles. The van der Waals surface area contributed by atoms with Gasteiger partial charge >= 0.3 is 0 Å². The van der Waals surface area contributed by atoms with Gasteiger partial charge in [-0.15, -0.1) is 0 Å². The van der Waals surface area contributed by atoms with Crippen molar-refractivity contribution in [1.82, 2.24) is 0 Å². The van der Waals surface area contributed by atoms with Crippen LogP contribution in [0.3, 0.4) is 0 Å². The Hall–Kier alpha value is -1.95. The van der Waals surface area contributed by atoms with E-state index >= 15 is 0 Å². The number of benzene rings is 2. The molecule has 0 unspecified atom stereocenters. The zero-order valence-electron chi connectivity index (χ0n) is 9.47. The van der Waals surface area contributed by atoms with Gasteiger partial charge in [-0.3, -0.25) is 10.4 Å². The maximum atomic E-state index is 9.91. The molecule has 0 aliphatic heterocycles. The third-order valence-corrected chi connectivity index (χ3v) is 2.71. The summed E-state index contributed by atoms with van der Waals surface area (Å²) in [6, 6.07) is 17.5. The lowest BCUT2D eigenvalue weighted by molar-refractivity contribution is 0.274. The molecule has 18 heavy (non-hydrogen) atoms. The molecule has 0 atom stereocenters. The van der Waals surface area contributed by atoms with Crippen LogP contribution in [0.5, 0.6) is 0 Å². The Bertz CT molecular complexity index is 472. The fraction of sp³-hybridized carbons (Fsp3) is 0. The molecule has 0 bridgehead atoms.